The molecule has 2 heterocycles. The predicted molar refractivity (Wildman–Crippen MR) is 112 cm³/mol. The molecule has 8 heteroatoms. The summed E-state index contributed by atoms with van der Waals surface area (Å²) in [6, 6.07) is 15.6. The van der Waals surface area contributed by atoms with Crippen LogP contribution in [0.4, 0.5) is 18.9 Å². The van der Waals surface area contributed by atoms with Gasteiger partial charge in [0.25, 0.3) is 5.91 Å². The number of fused-ring (bicyclic) bond motifs is 1. The maximum Gasteiger partial charge on any atom is 0.417 e. The topological polar surface area (TPSA) is 59.8 Å². The fourth-order valence-corrected chi connectivity index (χ4v) is 3.42. The van der Waals surface area contributed by atoms with Gasteiger partial charge in [-0.1, -0.05) is 44.2 Å². The summed E-state index contributed by atoms with van der Waals surface area (Å²) in [5.74, 6) is -0.262. The minimum absolute atomic E-state index is 0.121. The van der Waals surface area contributed by atoms with E-state index in [2.05, 4.69) is 15.4 Å². The first-order valence-electron chi connectivity index (χ1n) is 9.66. The molecule has 1 amide bonds. The Balaban J connectivity index is 1.65. The number of hydrogen-bond acceptors (Lipinski definition) is 3. The molecule has 0 radical (unpaired) electrons. The maximum absolute atomic E-state index is 13.0. The summed E-state index contributed by atoms with van der Waals surface area (Å²) in [5, 5.41) is 9.16. The molecule has 0 unspecified atom stereocenters. The van der Waals surface area contributed by atoms with E-state index in [1.165, 1.54) is 16.9 Å². The van der Waals surface area contributed by atoms with Gasteiger partial charge in [-0.15, -0.1) is 0 Å². The maximum atomic E-state index is 13.0. The highest BCUT2D eigenvalue weighted by Crippen LogP contribution is 2.30. The third-order valence-electron chi connectivity index (χ3n) is 4.90. The van der Waals surface area contributed by atoms with Gasteiger partial charge in [0.2, 0.25) is 0 Å². The number of carbonyl (C=O) groups is 1. The van der Waals surface area contributed by atoms with E-state index >= 15 is 0 Å². The average molecular weight is 424 g/mol. The van der Waals surface area contributed by atoms with E-state index in [-0.39, 0.29) is 17.6 Å². The standard InChI is InChI=1S/C23H19F3N4O/c1-14(2)21-19(13-28-30(21)20-10-8-17(12-27-20)23(24,25)26)22(31)29-18-9-7-15-5-3-4-6-16(15)11-18/h3-14H,1-2H3,(H,29,31). The van der Waals surface area contributed by atoms with Gasteiger partial charge in [-0.2, -0.15) is 18.3 Å². The van der Waals surface area contributed by atoms with E-state index in [0.29, 0.717) is 16.9 Å². The molecule has 0 aliphatic rings. The van der Waals surface area contributed by atoms with Gasteiger partial charge in [-0.3, -0.25) is 4.79 Å². The highest BCUT2D eigenvalue weighted by molar-refractivity contribution is 6.06. The van der Waals surface area contributed by atoms with Gasteiger partial charge in [-0.25, -0.2) is 9.67 Å². The van der Waals surface area contributed by atoms with E-state index in [9.17, 15) is 18.0 Å². The molecule has 158 valence electrons. The van der Waals surface area contributed by atoms with Crippen LogP contribution in [0.25, 0.3) is 16.6 Å². The number of pyridine rings is 1. The number of benzene rings is 2. The molecule has 31 heavy (non-hydrogen) atoms. The zero-order chi connectivity index (χ0) is 22.2. The molecule has 4 rings (SSSR count). The SMILES string of the molecule is CC(C)c1c(C(=O)Nc2ccc3ccccc3c2)cnn1-c1ccc(C(F)(F)F)cn1. The van der Waals surface area contributed by atoms with Gasteiger partial charge in [0.15, 0.2) is 5.82 Å². The van der Waals surface area contributed by atoms with Crippen molar-refractivity contribution in [3.05, 3.63) is 83.8 Å². The van der Waals surface area contributed by atoms with Crippen molar-refractivity contribution in [2.24, 2.45) is 0 Å². The molecule has 0 bridgehead atoms. The number of nitrogens with one attached hydrogen (secondary N) is 1. The predicted octanol–water partition coefficient (Wildman–Crippen LogP) is 5.82. The number of anilines is 1. The minimum Gasteiger partial charge on any atom is -0.322 e. The lowest BCUT2D eigenvalue weighted by Crippen LogP contribution is -2.16. The number of halogens is 3. The van der Waals surface area contributed by atoms with Crippen molar-refractivity contribution < 1.29 is 18.0 Å². The summed E-state index contributed by atoms with van der Waals surface area (Å²) in [6.45, 7) is 3.76. The number of hydrogen-bond donors (Lipinski definition) is 1. The normalized spacial score (nSPS) is 11.8. The highest BCUT2D eigenvalue weighted by atomic mass is 19.4. The van der Waals surface area contributed by atoms with Crippen LogP contribution in [-0.2, 0) is 6.18 Å². The Labute approximate surface area is 176 Å². The van der Waals surface area contributed by atoms with Crippen LogP contribution in [0.15, 0.2) is 67.0 Å². The van der Waals surface area contributed by atoms with Crippen LogP contribution >= 0.6 is 0 Å². The first kappa shape index (κ1) is 20.6. The average Bonchev–Trinajstić information content (AvgIpc) is 3.19. The zero-order valence-electron chi connectivity index (χ0n) is 16.8. The van der Waals surface area contributed by atoms with Gasteiger partial charge >= 0.3 is 6.18 Å². The van der Waals surface area contributed by atoms with Gasteiger partial charge in [0.1, 0.15) is 0 Å². The van der Waals surface area contributed by atoms with Crippen LogP contribution in [-0.4, -0.2) is 20.7 Å². The lowest BCUT2D eigenvalue weighted by atomic mass is 10.0. The van der Waals surface area contributed by atoms with Crippen LogP contribution in [0.3, 0.4) is 0 Å². The molecule has 2 aromatic heterocycles. The molecule has 2 aromatic carbocycles. The summed E-state index contributed by atoms with van der Waals surface area (Å²) < 4.78 is 39.9. The van der Waals surface area contributed by atoms with Crippen molar-refractivity contribution in [3.63, 3.8) is 0 Å². The summed E-state index contributed by atoms with van der Waals surface area (Å²) in [4.78, 5) is 16.9. The van der Waals surface area contributed by atoms with Crippen molar-refractivity contribution in [2.45, 2.75) is 25.9 Å². The smallest absolute Gasteiger partial charge is 0.322 e. The Morgan fingerprint density at radius 2 is 1.74 bits per heavy atom. The number of alkyl halides is 3. The second-order valence-corrected chi connectivity index (χ2v) is 7.43. The van der Waals surface area contributed by atoms with Gasteiger partial charge in [0, 0.05) is 11.9 Å². The number of aromatic nitrogens is 3. The Hall–Kier alpha value is -3.68. The number of nitrogens with zero attached hydrogens (tertiary/aromatic N) is 3. The van der Waals surface area contributed by atoms with Gasteiger partial charge in [0.05, 0.1) is 23.0 Å². The van der Waals surface area contributed by atoms with Crippen LogP contribution in [0.5, 0.6) is 0 Å². The molecule has 0 aliphatic carbocycles. The summed E-state index contributed by atoms with van der Waals surface area (Å²) in [7, 11) is 0. The fraction of sp³-hybridized carbons (Fsp3) is 0.174. The molecule has 0 atom stereocenters. The Kier molecular flexibility index (Phi) is 5.22. The minimum atomic E-state index is -4.47. The lowest BCUT2D eigenvalue weighted by Gasteiger charge is -2.13. The number of carbonyl (C=O) groups excluding carboxylic acids is 1. The van der Waals surface area contributed by atoms with E-state index in [1.54, 1.807) is 0 Å². The molecular formula is C23H19F3N4O. The van der Waals surface area contributed by atoms with Crippen LogP contribution in [0.2, 0.25) is 0 Å². The summed E-state index contributed by atoms with van der Waals surface area (Å²) >= 11 is 0. The molecule has 0 saturated carbocycles. The van der Waals surface area contributed by atoms with Crippen LogP contribution < -0.4 is 5.32 Å². The summed E-state index contributed by atoms with van der Waals surface area (Å²) in [6.07, 6.45) is -2.30. The number of rotatable bonds is 4. The molecule has 5 nitrogen and oxygen atoms in total. The second-order valence-electron chi connectivity index (χ2n) is 7.43. The molecule has 0 spiro atoms. The summed E-state index contributed by atoms with van der Waals surface area (Å²) in [5.41, 5.74) is 0.693. The monoisotopic (exact) mass is 424 g/mol. The highest BCUT2D eigenvalue weighted by Gasteiger charge is 2.31. The second kappa shape index (κ2) is 7.86. The van der Waals surface area contributed by atoms with Crippen molar-refractivity contribution in [1.29, 1.82) is 0 Å². The fourth-order valence-electron chi connectivity index (χ4n) is 3.42. The Bertz CT molecular complexity index is 1240. The van der Waals surface area contributed by atoms with Crippen molar-refractivity contribution >= 4 is 22.4 Å². The van der Waals surface area contributed by atoms with Gasteiger partial charge in [-0.05, 0) is 41.0 Å². The third-order valence-corrected chi connectivity index (χ3v) is 4.90. The zero-order valence-corrected chi connectivity index (χ0v) is 16.8. The third kappa shape index (κ3) is 4.14. The van der Waals surface area contributed by atoms with Crippen molar-refractivity contribution in [2.75, 3.05) is 5.32 Å². The Morgan fingerprint density at radius 3 is 2.39 bits per heavy atom. The lowest BCUT2D eigenvalue weighted by molar-refractivity contribution is -0.137. The molecule has 1 N–H and O–H groups in total. The largest absolute Gasteiger partial charge is 0.417 e. The van der Waals surface area contributed by atoms with Crippen LogP contribution in [0, 0.1) is 0 Å². The van der Waals surface area contributed by atoms with Gasteiger partial charge < -0.3 is 5.32 Å². The molecule has 0 fully saturated rings. The molecule has 0 aliphatic heterocycles. The number of amides is 1. The van der Waals surface area contributed by atoms with Crippen molar-refractivity contribution in [3.8, 4) is 5.82 Å². The van der Waals surface area contributed by atoms with Crippen LogP contribution in [0.1, 0.15) is 41.4 Å². The Morgan fingerprint density at radius 1 is 1.00 bits per heavy atom. The quantitative estimate of drug-likeness (QED) is 0.449. The van der Waals surface area contributed by atoms with E-state index in [0.717, 1.165) is 23.0 Å². The van der Waals surface area contributed by atoms with E-state index in [4.69, 9.17) is 0 Å². The molecule has 4 aromatic rings. The first-order valence-corrected chi connectivity index (χ1v) is 9.66. The molecular weight excluding hydrogens is 405 g/mol. The van der Waals surface area contributed by atoms with E-state index in [1.807, 2.05) is 56.3 Å². The first-order chi connectivity index (χ1) is 14.7. The molecule has 0 saturated heterocycles. The van der Waals surface area contributed by atoms with E-state index < -0.39 is 11.7 Å². The van der Waals surface area contributed by atoms with Crippen molar-refractivity contribution in [1.82, 2.24) is 14.8 Å².